The summed E-state index contributed by atoms with van der Waals surface area (Å²) in [5.74, 6) is -1.14. The van der Waals surface area contributed by atoms with E-state index in [1.165, 1.54) is 0 Å². The summed E-state index contributed by atoms with van der Waals surface area (Å²) in [6, 6.07) is -0.174. The molecule has 92 valence electrons. The van der Waals surface area contributed by atoms with Gasteiger partial charge in [0.15, 0.2) is 0 Å². The molecular weight excluding hydrogens is 208 g/mol. The fourth-order valence-corrected chi connectivity index (χ4v) is 2.08. The highest BCUT2D eigenvalue weighted by atomic mass is 16.4. The van der Waals surface area contributed by atoms with E-state index in [4.69, 9.17) is 5.11 Å². The Bertz CT molecular complexity index is 278. The molecule has 1 amide bonds. The number of hydrogen-bond acceptors (Lipinski definition) is 3. The third kappa shape index (κ3) is 2.95. The summed E-state index contributed by atoms with van der Waals surface area (Å²) in [6.45, 7) is 3.10. The van der Waals surface area contributed by atoms with Crippen molar-refractivity contribution in [1.29, 1.82) is 0 Å². The predicted molar refractivity (Wildman–Crippen MR) is 60.1 cm³/mol. The molecule has 0 radical (unpaired) electrons. The normalized spacial score (nSPS) is 25.1. The van der Waals surface area contributed by atoms with Crippen LogP contribution in [-0.2, 0) is 9.59 Å². The van der Waals surface area contributed by atoms with Crippen molar-refractivity contribution in [2.75, 3.05) is 27.2 Å². The van der Waals surface area contributed by atoms with Crippen LogP contribution in [0.15, 0.2) is 0 Å². The first-order valence-corrected chi connectivity index (χ1v) is 5.60. The molecule has 5 heteroatoms. The van der Waals surface area contributed by atoms with Crippen molar-refractivity contribution in [1.82, 2.24) is 9.80 Å². The van der Waals surface area contributed by atoms with Crippen LogP contribution < -0.4 is 0 Å². The van der Waals surface area contributed by atoms with Gasteiger partial charge in [-0.1, -0.05) is 0 Å². The van der Waals surface area contributed by atoms with Crippen LogP contribution >= 0.6 is 0 Å². The number of rotatable bonds is 4. The van der Waals surface area contributed by atoms with Crippen molar-refractivity contribution in [3.05, 3.63) is 0 Å². The van der Waals surface area contributed by atoms with E-state index >= 15 is 0 Å². The number of carbonyl (C=O) groups is 2. The maximum absolute atomic E-state index is 11.8. The minimum Gasteiger partial charge on any atom is -0.481 e. The molecule has 1 aliphatic heterocycles. The Morgan fingerprint density at radius 3 is 2.50 bits per heavy atom. The zero-order valence-corrected chi connectivity index (χ0v) is 10.1. The number of carboxylic acids is 1. The summed E-state index contributed by atoms with van der Waals surface area (Å²) in [4.78, 5) is 26.4. The van der Waals surface area contributed by atoms with Gasteiger partial charge in [0, 0.05) is 25.6 Å². The molecule has 2 unspecified atom stereocenters. The first kappa shape index (κ1) is 13.0. The smallest absolute Gasteiger partial charge is 0.308 e. The number of carboxylic acid groups (broad SMARTS) is 1. The Kier molecular flexibility index (Phi) is 4.29. The molecule has 0 aliphatic carbocycles. The molecule has 16 heavy (non-hydrogen) atoms. The standard InChI is InChI=1S/C11H20N2O3/c1-8-9(11(15)16)4-7-13(8)10(14)5-6-12(2)3/h8-9H,4-7H2,1-3H3,(H,15,16). The summed E-state index contributed by atoms with van der Waals surface area (Å²) >= 11 is 0. The lowest BCUT2D eigenvalue weighted by atomic mass is 10.0. The van der Waals surface area contributed by atoms with Gasteiger partial charge in [0.2, 0.25) is 5.91 Å². The first-order valence-electron chi connectivity index (χ1n) is 5.60. The molecule has 0 aromatic heterocycles. The minimum atomic E-state index is -0.796. The number of likely N-dealkylation sites (tertiary alicyclic amines) is 1. The SMILES string of the molecule is CC1C(C(=O)O)CCN1C(=O)CCN(C)C. The van der Waals surface area contributed by atoms with Crippen LogP contribution in [0.5, 0.6) is 0 Å². The van der Waals surface area contributed by atoms with Crippen molar-refractivity contribution < 1.29 is 14.7 Å². The molecule has 0 aromatic carbocycles. The molecule has 1 heterocycles. The predicted octanol–water partition coefficient (Wildman–Crippen LogP) is 0.260. The van der Waals surface area contributed by atoms with Gasteiger partial charge >= 0.3 is 5.97 Å². The van der Waals surface area contributed by atoms with Crippen molar-refractivity contribution in [2.24, 2.45) is 5.92 Å². The second kappa shape index (κ2) is 5.30. The van der Waals surface area contributed by atoms with Crippen LogP contribution in [0, 0.1) is 5.92 Å². The van der Waals surface area contributed by atoms with E-state index in [0.29, 0.717) is 25.9 Å². The lowest BCUT2D eigenvalue weighted by Gasteiger charge is -2.24. The molecule has 0 bridgehead atoms. The van der Waals surface area contributed by atoms with E-state index in [1.807, 2.05) is 25.9 Å². The van der Waals surface area contributed by atoms with Gasteiger partial charge in [-0.2, -0.15) is 0 Å². The third-order valence-electron chi connectivity index (χ3n) is 3.17. The molecule has 2 atom stereocenters. The average Bonchev–Trinajstić information content (AvgIpc) is 2.56. The monoisotopic (exact) mass is 228 g/mol. The Labute approximate surface area is 96.0 Å². The van der Waals surface area contributed by atoms with Crippen molar-refractivity contribution in [3.8, 4) is 0 Å². The topological polar surface area (TPSA) is 60.9 Å². The highest BCUT2D eigenvalue weighted by Gasteiger charge is 2.37. The Morgan fingerprint density at radius 1 is 1.44 bits per heavy atom. The lowest BCUT2D eigenvalue weighted by Crippen LogP contribution is -2.38. The Hall–Kier alpha value is -1.10. The average molecular weight is 228 g/mol. The van der Waals surface area contributed by atoms with E-state index in [9.17, 15) is 9.59 Å². The number of carbonyl (C=O) groups excluding carboxylic acids is 1. The minimum absolute atomic E-state index is 0.0601. The molecule has 1 N–H and O–H groups in total. The van der Waals surface area contributed by atoms with Crippen molar-refractivity contribution >= 4 is 11.9 Å². The highest BCUT2D eigenvalue weighted by molar-refractivity contribution is 5.79. The molecule has 1 fully saturated rings. The molecule has 0 spiro atoms. The summed E-state index contributed by atoms with van der Waals surface area (Å²) < 4.78 is 0. The zero-order chi connectivity index (χ0) is 12.3. The van der Waals surface area contributed by atoms with Crippen LogP contribution in [0.2, 0.25) is 0 Å². The summed E-state index contributed by atoms with van der Waals surface area (Å²) in [5.41, 5.74) is 0. The van der Waals surface area contributed by atoms with Gasteiger partial charge in [-0.3, -0.25) is 9.59 Å². The first-order chi connectivity index (χ1) is 7.43. The summed E-state index contributed by atoms with van der Waals surface area (Å²) in [6.07, 6.45) is 1.04. The second-order valence-corrected chi connectivity index (χ2v) is 4.61. The summed E-state index contributed by atoms with van der Waals surface area (Å²) in [7, 11) is 3.83. The van der Waals surface area contributed by atoms with Crippen molar-refractivity contribution in [3.63, 3.8) is 0 Å². The largest absolute Gasteiger partial charge is 0.481 e. The molecule has 0 aromatic rings. The third-order valence-corrected chi connectivity index (χ3v) is 3.17. The van der Waals surface area contributed by atoms with Crippen molar-refractivity contribution in [2.45, 2.75) is 25.8 Å². The number of aliphatic carboxylic acids is 1. The van der Waals surface area contributed by atoms with Crippen LogP contribution in [0.25, 0.3) is 0 Å². The van der Waals surface area contributed by atoms with Crippen LogP contribution in [0.4, 0.5) is 0 Å². The zero-order valence-electron chi connectivity index (χ0n) is 10.1. The molecule has 5 nitrogen and oxygen atoms in total. The second-order valence-electron chi connectivity index (χ2n) is 4.61. The fourth-order valence-electron chi connectivity index (χ4n) is 2.08. The van der Waals surface area contributed by atoms with Crippen LogP contribution in [-0.4, -0.2) is 60.0 Å². The maximum Gasteiger partial charge on any atom is 0.308 e. The lowest BCUT2D eigenvalue weighted by molar-refractivity contribution is -0.143. The Morgan fingerprint density at radius 2 is 2.06 bits per heavy atom. The quantitative estimate of drug-likeness (QED) is 0.749. The summed E-state index contributed by atoms with van der Waals surface area (Å²) in [5, 5.41) is 8.96. The number of amides is 1. The van der Waals surface area contributed by atoms with Gasteiger partial charge in [-0.25, -0.2) is 0 Å². The number of hydrogen-bond donors (Lipinski definition) is 1. The molecule has 0 saturated carbocycles. The van der Waals surface area contributed by atoms with E-state index in [-0.39, 0.29) is 11.9 Å². The van der Waals surface area contributed by atoms with Gasteiger partial charge in [0.1, 0.15) is 0 Å². The molecular formula is C11H20N2O3. The number of nitrogens with zero attached hydrogens (tertiary/aromatic N) is 2. The molecule has 1 aliphatic rings. The van der Waals surface area contributed by atoms with E-state index in [1.54, 1.807) is 4.90 Å². The van der Waals surface area contributed by atoms with E-state index in [0.717, 1.165) is 0 Å². The van der Waals surface area contributed by atoms with Gasteiger partial charge in [0.05, 0.1) is 5.92 Å². The van der Waals surface area contributed by atoms with Gasteiger partial charge in [-0.05, 0) is 27.4 Å². The van der Waals surface area contributed by atoms with Crippen LogP contribution in [0.1, 0.15) is 19.8 Å². The van der Waals surface area contributed by atoms with Gasteiger partial charge in [0.25, 0.3) is 0 Å². The fraction of sp³-hybridized carbons (Fsp3) is 0.818. The molecule has 1 rings (SSSR count). The highest BCUT2D eigenvalue weighted by Crippen LogP contribution is 2.24. The molecule has 1 saturated heterocycles. The van der Waals surface area contributed by atoms with Gasteiger partial charge in [-0.15, -0.1) is 0 Å². The van der Waals surface area contributed by atoms with Gasteiger partial charge < -0.3 is 14.9 Å². The van der Waals surface area contributed by atoms with E-state index < -0.39 is 11.9 Å². The maximum atomic E-state index is 11.8. The van der Waals surface area contributed by atoms with E-state index in [2.05, 4.69) is 0 Å². The Balaban J connectivity index is 2.49. The van der Waals surface area contributed by atoms with Crippen LogP contribution in [0.3, 0.4) is 0 Å².